The van der Waals surface area contributed by atoms with Gasteiger partial charge in [-0.3, -0.25) is 4.79 Å². The van der Waals surface area contributed by atoms with Crippen LogP contribution < -0.4 is 10.1 Å². The minimum absolute atomic E-state index is 0.0373. The zero-order valence-corrected chi connectivity index (χ0v) is 18.7. The van der Waals surface area contributed by atoms with Gasteiger partial charge in [0.15, 0.2) is 11.0 Å². The van der Waals surface area contributed by atoms with Crippen molar-refractivity contribution >= 4 is 33.6 Å². The van der Waals surface area contributed by atoms with Gasteiger partial charge in [0.05, 0.1) is 11.8 Å². The average Bonchev–Trinajstić information content (AvgIpc) is 3.14. The first kappa shape index (κ1) is 21.4. The zero-order valence-electron chi connectivity index (χ0n) is 16.3. The van der Waals surface area contributed by atoms with Crippen LogP contribution in [-0.2, 0) is 17.9 Å². The summed E-state index contributed by atoms with van der Waals surface area (Å²) in [6.45, 7) is 5.02. The van der Waals surface area contributed by atoms with Crippen LogP contribution in [0.5, 0.6) is 5.75 Å². The van der Waals surface area contributed by atoms with E-state index in [9.17, 15) is 4.79 Å². The number of nitrogens with zero attached hydrogens (tertiary/aromatic N) is 3. The standard InChI is InChI=1S/C21H23BrN4O2S/c1-3-26-19(13-28-18-11-9-17(22)10-12-18)24-25-21(26)29-14-20(27)23-15(2)16-7-5-4-6-8-16/h4-12,15H,3,13-14H2,1-2H3,(H,23,27). The molecule has 1 N–H and O–H groups in total. The normalized spacial score (nSPS) is 11.8. The van der Waals surface area contributed by atoms with Crippen molar-refractivity contribution in [1.29, 1.82) is 0 Å². The lowest BCUT2D eigenvalue weighted by Gasteiger charge is -2.14. The van der Waals surface area contributed by atoms with Crippen molar-refractivity contribution < 1.29 is 9.53 Å². The van der Waals surface area contributed by atoms with Crippen molar-refractivity contribution in [2.75, 3.05) is 5.75 Å². The Kier molecular flexibility index (Phi) is 7.71. The minimum Gasteiger partial charge on any atom is -0.486 e. The van der Waals surface area contributed by atoms with Crippen LogP contribution in [0.25, 0.3) is 0 Å². The first-order valence-electron chi connectivity index (χ1n) is 9.34. The number of halogens is 1. The Labute approximate surface area is 183 Å². The van der Waals surface area contributed by atoms with Crippen LogP contribution in [0.15, 0.2) is 64.2 Å². The summed E-state index contributed by atoms with van der Waals surface area (Å²) in [7, 11) is 0. The van der Waals surface area contributed by atoms with Gasteiger partial charge in [-0.15, -0.1) is 10.2 Å². The Morgan fingerprint density at radius 1 is 1.17 bits per heavy atom. The smallest absolute Gasteiger partial charge is 0.230 e. The van der Waals surface area contributed by atoms with Crippen molar-refractivity contribution in [3.63, 3.8) is 0 Å². The monoisotopic (exact) mass is 474 g/mol. The van der Waals surface area contributed by atoms with Gasteiger partial charge in [-0.1, -0.05) is 58.0 Å². The summed E-state index contributed by atoms with van der Waals surface area (Å²) in [6.07, 6.45) is 0. The van der Waals surface area contributed by atoms with Crippen molar-refractivity contribution in [2.24, 2.45) is 0 Å². The number of carbonyl (C=O) groups is 1. The summed E-state index contributed by atoms with van der Waals surface area (Å²) in [5, 5.41) is 12.2. The molecule has 0 aliphatic carbocycles. The number of rotatable bonds is 9. The van der Waals surface area contributed by atoms with E-state index in [1.807, 2.05) is 73.0 Å². The maximum Gasteiger partial charge on any atom is 0.230 e. The summed E-state index contributed by atoms with van der Waals surface area (Å²) in [5.41, 5.74) is 1.08. The highest BCUT2D eigenvalue weighted by Crippen LogP contribution is 2.20. The molecule has 0 aliphatic heterocycles. The molecule has 0 spiro atoms. The SMILES string of the molecule is CCn1c(COc2ccc(Br)cc2)nnc1SCC(=O)NC(C)c1ccccc1. The van der Waals surface area contributed by atoms with Gasteiger partial charge in [0.25, 0.3) is 0 Å². The molecule has 8 heteroatoms. The van der Waals surface area contributed by atoms with Crippen LogP contribution >= 0.6 is 27.7 Å². The number of benzene rings is 2. The van der Waals surface area contributed by atoms with Gasteiger partial charge in [0.1, 0.15) is 12.4 Å². The predicted octanol–water partition coefficient (Wildman–Crippen LogP) is 4.61. The van der Waals surface area contributed by atoms with E-state index in [0.29, 0.717) is 18.3 Å². The number of aromatic nitrogens is 3. The number of thioether (sulfide) groups is 1. The molecule has 1 unspecified atom stereocenters. The van der Waals surface area contributed by atoms with Gasteiger partial charge in [-0.05, 0) is 43.7 Å². The summed E-state index contributed by atoms with van der Waals surface area (Å²) in [5.74, 6) is 1.74. The van der Waals surface area contributed by atoms with Gasteiger partial charge >= 0.3 is 0 Å². The molecule has 0 fully saturated rings. The fourth-order valence-electron chi connectivity index (χ4n) is 2.77. The van der Waals surface area contributed by atoms with Crippen molar-refractivity contribution in [2.45, 2.75) is 38.2 Å². The molecular formula is C21H23BrN4O2S. The molecule has 6 nitrogen and oxygen atoms in total. The van der Waals surface area contributed by atoms with Crippen LogP contribution in [-0.4, -0.2) is 26.4 Å². The lowest BCUT2D eigenvalue weighted by atomic mass is 10.1. The molecule has 1 heterocycles. The molecule has 3 rings (SSSR count). The van der Waals surface area contributed by atoms with E-state index in [-0.39, 0.29) is 17.7 Å². The number of nitrogens with one attached hydrogen (secondary N) is 1. The fraction of sp³-hybridized carbons (Fsp3) is 0.286. The third-order valence-corrected chi connectivity index (χ3v) is 5.80. The first-order chi connectivity index (χ1) is 14.1. The van der Waals surface area contributed by atoms with E-state index in [1.165, 1.54) is 11.8 Å². The average molecular weight is 475 g/mol. The van der Waals surface area contributed by atoms with E-state index in [1.54, 1.807) is 0 Å². The molecule has 1 atom stereocenters. The quantitative estimate of drug-likeness (QED) is 0.458. The summed E-state index contributed by atoms with van der Waals surface area (Å²) in [6, 6.07) is 17.5. The Bertz CT molecular complexity index is 932. The second-order valence-electron chi connectivity index (χ2n) is 6.37. The van der Waals surface area contributed by atoms with E-state index >= 15 is 0 Å². The number of ether oxygens (including phenoxy) is 1. The summed E-state index contributed by atoms with van der Waals surface area (Å²) in [4.78, 5) is 12.3. The van der Waals surface area contributed by atoms with E-state index in [2.05, 4.69) is 31.4 Å². The highest BCUT2D eigenvalue weighted by atomic mass is 79.9. The molecule has 0 saturated heterocycles. The maximum atomic E-state index is 12.3. The van der Waals surface area contributed by atoms with Crippen LogP contribution in [0.1, 0.15) is 31.3 Å². The number of carbonyl (C=O) groups excluding carboxylic acids is 1. The summed E-state index contributed by atoms with van der Waals surface area (Å²) < 4.78 is 8.77. The molecule has 0 aliphatic rings. The van der Waals surface area contributed by atoms with Crippen LogP contribution in [0, 0.1) is 0 Å². The maximum absolute atomic E-state index is 12.3. The van der Waals surface area contributed by atoms with Gasteiger partial charge in [0, 0.05) is 11.0 Å². The van der Waals surface area contributed by atoms with Crippen molar-refractivity contribution in [3.8, 4) is 5.75 Å². The van der Waals surface area contributed by atoms with Crippen LogP contribution in [0.4, 0.5) is 0 Å². The number of hydrogen-bond acceptors (Lipinski definition) is 5. The van der Waals surface area contributed by atoms with Gasteiger partial charge in [0.2, 0.25) is 5.91 Å². The molecular weight excluding hydrogens is 452 g/mol. The molecule has 0 bridgehead atoms. The third kappa shape index (κ3) is 6.08. The molecule has 2 aromatic carbocycles. The van der Waals surface area contributed by atoms with Gasteiger partial charge in [-0.2, -0.15) is 0 Å². The Morgan fingerprint density at radius 3 is 2.59 bits per heavy atom. The van der Waals surface area contributed by atoms with Gasteiger partial charge < -0.3 is 14.6 Å². The molecule has 0 saturated carbocycles. The Hall–Kier alpha value is -2.32. The zero-order chi connectivity index (χ0) is 20.6. The number of amides is 1. The number of hydrogen-bond donors (Lipinski definition) is 1. The van der Waals surface area contributed by atoms with E-state index < -0.39 is 0 Å². The second kappa shape index (κ2) is 10.5. The largest absolute Gasteiger partial charge is 0.486 e. The van der Waals surface area contributed by atoms with Crippen LogP contribution in [0.2, 0.25) is 0 Å². The fourth-order valence-corrected chi connectivity index (χ4v) is 3.86. The molecule has 1 aromatic heterocycles. The van der Waals surface area contributed by atoms with Crippen molar-refractivity contribution in [3.05, 3.63) is 70.5 Å². The molecule has 1 amide bonds. The molecule has 152 valence electrons. The van der Waals surface area contributed by atoms with Crippen molar-refractivity contribution in [1.82, 2.24) is 20.1 Å². The summed E-state index contributed by atoms with van der Waals surface area (Å²) >= 11 is 4.78. The minimum atomic E-state index is -0.0387. The molecule has 29 heavy (non-hydrogen) atoms. The third-order valence-electron chi connectivity index (χ3n) is 4.30. The Morgan fingerprint density at radius 2 is 1.90 bits per heavy atom. The lowest BCUT2D eigenvalue weighted by molar-refractivity contribution is -0.119. The highest BCUT2D eigenvalue weighted by molar-refractivity contribution is 9.10. The topological polar surface area (TPSA) is 69.0 Å². The molecule has 0 radical (unpaired) electrons. The first-order valence-corrected chi connectivity index (χ1v) is 11.1. The second-order valence-corrected chi connectivity index (χ2v) is 8.23. The molecule has 3 aromatic rings. The highest BCUT2D eigenvalue weighted by Gasteiger charge is 2.15. The predicted molar refractivity (Wildman–Crippen MR) is 118 cm³/mol. The lowest BCUT2D eigenvalue weighted by Crippen LogP contribution is -2.28. The van der Waals surface area contributed by atoms with Gasteiger partial charge in [-0.25, -0.2) is 0 Å². The van der Waals surface area contributed by atoms with E-state index in [4.69, 9.17) is 4.74 Å². The Balaban J connectivity index is 1.54. The van der Waals surface area contributed by atoms with E-state index in [0.717, 1.165) is 21.6 Å². The van der Waals surface area contributed by atoms with Crippen LogP contribution in [0.3, 0.4) is 0 Å².